The van der Waals surface area contributed by atoms with Gasteiger partial charge < -0.3 is 4.74 Å². The second-order valence-corrected chi connectivity index (χ2v) is 2.69. The van der Waals surface area contributed by atoms with Crippen molar-refractivity contribution in [2.75, 3.05) is 13.3 Å². The van der Waals surface area contributed by atoms with Crippen LogP contribution >= 0.6 is 11.6 Å². The van der Waals surface area contributed by atoms with Crippen molar-refractivity contribution in [3.8, 4) is 5.75 Å². The van der Waals surface area contributed by atoms with Gasteiger partial charge in [-0.2, -0.15) is 0 Å². The zero-order valence-corrected chi connectivity index (χ0v) is 7.52. The highest BCUT2D eigenvalue weighted by Gasteiger charge is 2.02. The van der Waals surface area contributed by atoms with E-state index < -0.39 is 12.5 Å². The van der Waals surface area contributed by atoms with Gasteiger partial charge in [0.25, 0.3) is 0 Å². The molecule has 0 radical (unpaired) electrons. The third kappa shape index (κ3) is 3.14. The topological polar surface area (TPSA) is 22.1 Å². The number of rotatable bonds is 4. The van der Waals surface area contributed by atoms with E-state index in [0.29, 0.717) is 0 Å². The summed E-state index contributed by atoms with van der Waals surface area (Å²) in [5.74, 6) is -0.380. The smallest absolute Gasteiger partial charge is 0.164 e. The van der Waals surface area contributed by atoms with Crippen LogP contribution in [0.15, 0.2) is 12.3 Å². The fourth-order valence-electron chi connectivity index (χ4n) is 0.727. The van der Waals surface area contributed by atoms with Crippen LogP contribution in [-0.2, 0) is 0 Å². The molecule has 0 unspecified atom stereocenters. The Hall–Kier alpha value is -0.900. The van der Waals surface area contributed by atoms with Crippen LogP contribution in [0.2, 0.25) is 5.15 Å². The normalized spacial score (nSPS) is 10.1. The minimum absolute atomic E-state index is 0.196. The molecule has 0 N–H and O–H groups in total. The van der Waals surface area contributed by atoms with E-state index in [2.05, 4.69) is 4.98 Å². The zero-order valence-electron chi connectivity index (χ0n) is 6.77. The maximum absolute atomic E-state index is 12.7. The Kier molecular flexibility index (Phi) is 3.89. The summed E-state index contributed by atoms with van der Waals surface area (Å²) in [5.41, 5.74) is 0. The van der Waals surface area contributed by atoms with Crippen molar-refractivity contribution in [3.63, 3.8) is 0 Å². The van der Waals surface area contributed by atoms with E-state index in [1.807, 2.05) is 0 Å². The quantitative estimate of drug-likeness (QED) is 0.559. The molecule has 5 heteroatoms. The molecule has 0 amide bonds. The van der Waals surface area contributed by atoms with E-state index in [1.54, 1.807) is 0 Å². The van der Waals surface area contributed by atoms with Crippen molar-refractivity contribution in [3.05, 3.63) is 23.2 Å². The molecule has 0 aliphatic carbocycles. The van der Waals surface area contributed by atoms with Gasteiger partial charge in [0.2, 0.25) is 0 Å². The Labute approximate surface area is 79.5 Å². The van der Waals surface area contributed by atoms with Gasteiger partial charge in [-0.15, -0.1) is 0 Å². The van der Waals surface area contributed by atoms with Gasteiger partial charge in [-0.1, -0.05) is 11.6 Å². The minimum atomic E-state index is -0.639. The van der Waals surface area contributed by atoms with Crippen LogP contribution in [0.5, 0.6) is 5.75 Å². The van der Waals surface area contributed by atoms with Crippen LogP contribution in [0.1, 0.15) is 6.42 Å². The average Bonchev–Trinajstić information content (AvgIpc) is 2.12. The molecule has 0 atom stereocenters. The summed E-state index contributed by atoms with van der Waals surface area (Å²) in [7, 11) is 0. The van der Waals surface area contributed by atoms with Crippen molar-refractivity contribution in [1.82, 2.24) is 4.98 Å². The highest BCUT2D eigenvalue weighted by atomic mass is 35.5. The van der Waals surface area contributed by atoms with Gasteiger partial charge in [-0.05, 0) is 0 Å². The van der Waals surface area contributed by atoms with Gasteiger partial charge in [-0.25, -0.2) is 9.37 Å². The third-order valence-electron chi connectivity index (χ3n) is 1.32. The number of aromatic nitrogens is 1. The molecule has 0 aromatic carbocycles. The SMILES string of the molecule is FCCCOc1cnc(Cl)c(F)c1. The number of halogens is 3. The summed E-state index contributed by atoms with van der Waals surface area (Å²) in [6.07, 6.45) is 1.58. The third-order valence-corrected chi connectivity index (χ3v) is 1.60. The number of pyridine rings is 1. The van der Waals surface area contributed by atoms with Gasteiger partial charge >= 0.3 is 0 Å². The highest BCUT2D eigenvalue weighted by Crippen LogP contribution is 2.17. The second-order valence-electron chi connectivity index (χ2n) is 2.33. The van der Waals surface area contributed by atoms with Crippen LogP contribution in [-0.4, -0.2) is 18.3 Å². The standard InChI is InChI=1S/C8H8ClF2NO/c9-8-7(11)4-6(5-12-8)13-3-1-2-10/h4-5H,1-3H2. The Morgan fingerprint density at radius 3 is 2.92 bits per heavy atom. The Balaban J connectivity index is 2.53. The summed E-state index contributed by atoms with van der Waals surface area (Å²) >= 11 is 5.34. The summed E-state index contributed by atoms with van der Waals surface area (Å²) < 4.78 is 29.4. The molecule has 2 nitrogen and oxygen atoms in total. The first-order valence-corrected chi connectivity index (χ1v) is 4.11. The van der Waals surface area contributed by atoms with Crippen molar-refractivity contribution in [2.45, 2.75) is 6.42 Å². The first-order valence-electron chi connectivity index (χ1n) is 3.74. The van der Waals surface area contributed by atoms with Crippen LogP contribution in [0, 0.1) is 5.82 Å². The molecule has 72 valence electrons. The summed E-state index contributed by atoms with van der Waals surface area (Å²) in [6.45, 7) is -0.247. The lowest BCUT2D eigenvalue weighted by Gasteiger charge is -2.03. The average molecular weight is 208 g/mol. The number of nitrogens with zero attached hydrogens (tertiary/aromatic N) is 1. The molecular weight excluding hydrogens is 200 g/mol. The Morgan fingerprint density at radius 2 is 2.31 bits per heavy atom. The lowest BCUT2D eigenvalue weighted by Crippen LogP contribution is -1.99. The Bertz CT molecular complexity index is 283. The molecule has 13 heavy (non-hydrogen) atoms. The predicted molar refractivity (Wildman–Crippen MR) is 45.3 cm³/mol. The van der Waals surface area contributed by atoms with Crippen LogP contribution in [0.4, 0.5) is 8.78 Å². The van der Waals surface area contributed by atoms with Crippen molar-refractivity contribution < 1.29 is 13.5 Å². The molecule has 0 aliphatic rings. The number of ether oxygens (including phenoxy) is 1. The fourth-order valence-corrected chi connectivity index (χ4v) is 0.831. The van der Waals surface area contributed by atoms with Crippen LogP contribution < -0.4 is 4.74 Å². The summed E-state index contributed by atoms with van der Waals surface area (Å²) in [5, 5.41) is -0.196. The highest BCUT2D eigenvalue weighted by molar-refractivity contribution is 6.29. The van der Waals surface area contributed by atoms with Gasteiger partial charge in [0, 0.05) is 12.5 Å². The first-order chi connectivity index (χ1) is 6.24. The summed E-state index contributed by atoms with van der Waals surface area (Å²) in [6, 6.07) is 1.12. The summed E-state index contributed by atoms with van der Waals surface area (Å²) in [4.78, 5) is 3.53. The van der Waals surface area contributed by atoms with E-state index in [9.17, 15) is 8.78 Å². The van der Waals surface area contributed by atoms with Crippen molar-refractivity contribution in [2.24, 2.45) is 0 Å². The zero-order chi connectivity index (χ0) is 9.68. The van der Waals surface area contributed by atoms with Crippen LogP contribution in [0.3, 0.4) is 0 Å². The van der Waals surface area contributed by atoms with Gasteiger partial charge in [-0.3, -0.25) is 4.39 Å². The first kappa shape index (κ1) is 10.2. The molecular formula is C8H8ClF2NO. The van der Waals surface area contributed by atoms with Gasteiger partial charge in [0.05, 0.1) is 19.5 Å². The van der Waals surface area contributed by atoms with E-state index in [4.69, 9.17) is 16.3 Å². The molecule has 1 aromatic rings. The van der Waals surface area contributed by atoms with Crippen molar-refractivity contribution >= 4 is 11.6 Å². The lowest BCUT2D eigenvalue weighted by atomic mass is 10.4. The molecule has 0 spiro atoms. The molecule has 0 aliphatic heterocycles. The molecule has 1 heterocycles. The van der Waals surface area contributed by atoms with Gasteiger partial charge in [0.15, 0.2) is 11.0 Å². The largest absolute Gasteiger partial charge is 0.492 e. The number of hydrogen-bond donors (Lipinski definition) is 0. The monoisotopic (exact) mass is 207 g/mol. The van der Waals surface area contributed by atoms with E-state index in [-0.39, 0.29) is 23.9 Å². The van der Waals surface area contributed by atoms with Gasteiger partial charge in [0.1, 0.15) is 5.75 Å². The lowest BCUT2D eigenvalue weighted by molar-refractivity contribution is 0.287. The molecule has 0 fully saturated rings. The number of alkyl halides is 1. The van der Waals surface area contributed by atoms with Crippen molar-refractivity contribution in [1.29, 1.82) is 0 Å². The molecule has 1 rings (SSSR count). The maximum atomic E-state index is 12.7. The minimum Gasteiger partial charge on any atom is -0.492 e. The maximum Gasteiger partial charge on any atom is 0.164 e. The number of hydrogen-bond acceptors (Lipinski definition) is 2. The molecule has 0 saturated heterocycles. The second kappa shape index (κ2) is 4.97. The molecule has 0 saturated carbocycles. The predicted octanol–water partition coefficient (Wildman–Crippen LogP) is 2.61. The molecule has 1 aromatic heterocycles. The van der Waals surface area contributed by atoms with E-state index in [0.717, 1.165) is 6.07 Å². The fraction of sp³-hybridized carbons (Fsp3) is 0.375. The van der Waals surface area contributed by atoms with E-state index in [1.165, 1.54) is 6.20 Å². The van der Waals surface area contributed by atoms with E-state index >= 15 is 0 Å². The molecule has 0 bridgehead atoms. The van der Waals surface area contributed by atoms with Crippen LogP contribution in [0.25, 0.3) is 0 Å². The Morgan fingerprint density at radius 1 is 1.54 bits per heavy atom.